The van der Waals surface area contributed by atoms with E-state index in [1.54, 1.807) is 24.3 Å². The van der Waals surface area contributed by atoms with Crippen molar-refractivity contribution in [1.82, 2.24) is 0 Å². The molecule has 0 unspecified atom stereocenters. The zero-order valence-electron chi connectivity index (χ0n) is 12.1. The zero-order chi connectivity index (χ0) is 16.8. The van der Waals surface area contributed by atoms with Crippen LogP contribution in [0, 0.1) is 11.3 Å². The van der Waals surface area contributed by atoms with E-state index >= 15 is 0 Å². The van der Waals surface area contributed by atoms with Crippen molar-refractivity contribution in [3.8, 4) is 11.8 Å². The molecule has 0 fully saturated rings. The minimum Gasteiger partial charge on any atom is -0.479 e. The Morgan fingerprint density at radius 3 is 2.35 bits per heavy atom. The SMILES string of the molecule is C/C(=N/Nc1c(Cl)cc(Cl)cc1Cl)c1ccc(OCC#N)cc1. The Kier molecular flexibility index (Phi) is 6.12. The Morgan fingerprint density at radius 1 is 1.17 bits per heavy atom. The molecule has 0 saturated heterocycles. The molecule has 0 radical (unpaired) electrons. The standard InChI is InChI=1S/C16H12Cl3N3O/c1-10(11-2-4-13(5-3-11)23-7-6-20)21-22-16-14(18)8-12(17)9-15(16)19/h2-5,8-9,22H,7H2,1H3/b21-10-. The number of nitriles is 1. The van der Waals surface area contributed by atoms with Gasteiger partial charge < -0.3 is 4.74 Å². The maximum atomic E-state index is 8.48. The molecule has 0 aliphatic heterocycles. The van der Waals surface area contributed by atoms with Gasteiger partial charge >= 0.3 is 0 Å². The fourth-order valence-electron chi connectivity index (χ4n) is 1.76. The van der Waals surface area contributed by atoms with Crippen LogP contribution >= 0.6 is 34.8 Å². The molecule has 118 valence electrons. The molecule has 0 aliphatic rings. The molecule has 0 aliphatic carbocycles. The van der Waals surface area contributed by atoms with Gasteiger partial charge in [0, 0.05) is 5.02 Å². The van der Waals surface area contributed by atoms with Crippen molar-refractivity contribution in [2.75, 3.05) is 12.0 Å². The smallest absolute Gasteiger partial charge is 0.174 e. The van der Waals surface area contributed by atoms with Crippen LogP contribution in [-0.2, 0) is 0 Å². The molecule has 7 heteroatoms. The summed E-state index contributed by atoms with van der Waals surface area (Å²) in [6.07, 6.45) is 0. The van der Waals surface area contributed by atoms with Crippen molar-refractivity contribution in [3.05, 3.63) is 57.0 Å². The number of halogens is 3. The van der Waals surface area contributed by atoms with Crippen molar-refractivity contribution in [2.45, 2.75) is 6.92 Å². The fourth-order valence-corrected chi connectivity index (χ4v) is 2.66. The summed E-state index contributed by atoms with van der Waals surface area (Å²) in [6, 6.07) is 12.3. The predicted molar refractivity (Wildman–Crippen MR) is 94.9 cm³/mol. The summed E-state index contributed by atoms with van der Waals surface area (Å²) in [7, 11) is 0. The Morgan fingerprint density at radius 2 is 1.78 bits per heavy atom. The van der Waals surface area contributed by atoms with E-state index in [1.807, 2.05) is 25.1 Å². The Labute approximate surface area is 149 Å². The van der Waals surface area contributed by atoms with Crippen LogP contribution < -0.4 is 10.2 Å². The molecular formula is C16H12Cl3N3O. The second kappa shape index (κ2) is 8.07. The van der Waals surface area contributed by atoms with E-state index in [4.69, 9.17) is 44.8 Å². The molecular weight excluding hydrogens is 357 g/mol. The van der Waals surface area contributed by atoms with Gasteiger partial charge in [0.15, 0.2) is 6.61 Å². The molecule has 23 heavy (non-hydrogen) atoms. The van der Waals surface area contributed by atoms with Crippen LogP contribution in [0.2, 0.25) is 15.1 Å². The second-order valence-electron chi connectivity index (χ2n) is 4.52. The molecule has 2 aromatic rings. The highest BCUT2D eigenvalue weighted by Gasteiger charge is 2.07. The normalized spacial score (nSPS) is 11.0. The van der Waals surface area contributed by atoms with Crippen LogP contribution in [0.5, 0.6) is 5.75 Å². The molecule has 4 nitrogen and oxygen atoms in total. The maximum Gasteiger partial charge on any atom is 0.174 e. The lowest BCUT2D eigenvalue weighted by atomic mass is 10.1. The highest BCUT2D eigenvalue weighted by molar-refractivity contribution is 6.41. The summed E-state index contributed by atoms with van der Waals surface area (Å²) in [5.74, 6) is 0.625. The Balaban J connectivity index is 2.13. The van der Waals surface area contributed by atoms with Gasteiger partial charge in [-0.15, -0.1) is 0 Å². The Hall–Kier alpha value is -1.93. The van der Waals surface area contributed by atoms with E-state index in [0.29, 0.717) is 26.5 Å². The quantitative estimate of drug-likeness (QED) is 0.569. The van der Waals surface area contributed by atoms with Crippen LogP contribution in [0.3, 0.4) is 0 Å². The molecule has 0 bridgehead atoms. The van der Waals surface area contributed by atoms with Crippen molar-refractivity contribution in [1.29, 1.82) is 5.26 Å². The first-order valence-corrected chi connectivity index (χ1v) is 7.69. The number of hydrazone groups is 1. The van der Waals surface area contributed by atoms with Gasteiger partial charge in [0.2, 0.25) is 0 Å². The third-order valence-corrected chi connectivity index (χ3v) is 3.73. The first kappa shape index (κ1) is 17.4. The van der Waals surface area contributed by atoms with E-state index in [9.17, 15) is 0 Å². The molecule has 0 heterocycles. The largest absolute Gasteiger partial charge is 0.479 e. The minimum absolute atomic E-state index is 0.0154. The zero-order valence-corrected chi connectivity index (χ0v) is 14.4. The van der Waals surface area contributed by atoms with Gasteiger partial charge in [-0.05, 0) is 48.9 Å². The second-order valence-corrected chi connectivity index (χ2v) is 5.78. The minimum atomic E-state index is 0.0154. The fraction of sp³-hybridized carbons (Fsp3) is 0.125. The van der Waals surface area contributed by atoms with Gasteiger partial charge in [0.1, 0.15) is 11.8 Å². The van der Waals surface area contributed by atoms with E-state index in [0.717, 1.165) is 11.3 Å². The van der Waals surface area contributed by atoms with Crippen molar-refractivity contribution >= 4 is 46.2 Å². The lowest BCUT2D eigenvalue weighted by molar-refractivity contribution is 0.368. The number of hydrogen-bond acceptors (Lipinski definition) is 4. The average Bonchev–Trinajstić information content (AvgIpc) is 2.52. The van der Waals surface area contributed by atoms with Crippen LogP contribution in [0.15, 0.2) is 41.5 Å². The third kappa shape index (κ3) is 4.77. The third-order valence-electron chi connectivity index (χ3n) is 2.92. The summed E-state index contributed by atoms with van der Waals surface area (Å²) in [4.78, 5) is 0. The van der Waals surface area contributed by atoms with Gasteiger partial charge in [-0.25, -0.2) is 0 Å². The summed E-state index contributed by atoms with van der Waals surface area (Å²) in [6.45, 7) is 1.86. The number of benzene rings is 2. The summed E-state index contributed by atoms with van der Waals surface area (Å²) >= 11 is 18.0. The first-order chi connectivity index (χ1) is 11.0. The number of anilines is 1. The van der Waals surface area contributed by atoms with E-state index < -0.39 is 0 Å². The average molecular weight is 369 g/mol. The number of hydrogen-bond donors (Lipinski definition) is 1. The molecule has 2 aromatic carbocycles. The van der Waals surface area contributed by atoms with Crippen LogP contribution in [0.1, 0.15) is 12.5 Å². The first-order valence-electron chi connectivity index (χ1n) is 6.56. The lowest BCUT2D eigenvalue weighted by Crippen LogP contribution is -2.01. The van der Waals surface area contributed by atoms with E-state index in [2.05, 4.69) is 10.5 Å². The van der Waals surface area contributed by atoms with Crippen molar-refractivity contribution in [2.24, 2.45) is 5.10 Å². The number of ether oxygens (including phenoxy) is 1. The van der Waals surface area contributed by atoms with E-state index in [-0.39, 0.29) is 6.61 Å². The summed E-state index contributed by atoms with van der Waals surface area (Å²) in [5, 5.41) is 14.0. The topological polar surface area (TPSA) is 57.4 Å². The van der Waals surface area contributed by atoms with Crippen molar-refractivity contribution < 1.29 is 4.74 Å². The maximum absolute atomic E-state index is 8.48. The molecule has 0 aromatic heterocycles. The summed E-state index contributed by atoms with van der Waals surface area (Å²) < 4.78 is 5.20. The predicted octanol–water partition coefficient (Wildman–Crippen LogP) is 5.39. The highest BCUT2D eigenvalue weighted by atomic mass is 35.5. The van der Waals surface area contributed by atoms with Gasteiger partial charge in [-0.1, -0.05) is 34.8 Å². The molecule has 0 atom stereocenters. The lowest BCUT2D eigenvalue weighted by Gasteiger charge is -2.08. The van der Waals surface area contributed by atoms with Crippen LogP contribution in [-0.4, -0.2) is 12.3 Å². The van der Waals surface area contributed by atoms with E-state index in [1.165, 1.54) is 0 Å². The van der Waals surface area contributed by atoms with Gasteiger partial charge in [0.25, 0.3) is 0 Å². The monoisotopic (exact) mass is 367 g/mol. The highest BCUT2D eigenvalue weighted by Crippen LogP contribution is 2.33. The molecule has 2 rings (SSSR count). The van der Waals surface area contributed by atoms with Gasteiger partial charge in [-0.2, -0.15) is 10.4 Å². The number of rotatable bonds is 5. The van der Waals surface area contributed by atoms with Gasteiger partial charge in [-0.3, -0.25) is 5.43 Å². The van der Waals surface area contributed by atoms with Crippen molar-refractivity contribution in [3.63, 3.8) is 0 Å². The molecule has 0 amide bonds. The molecule has 1 N–H and O–H groups in total. The van der Waals surface area contributed by atoms with Gasteiger partial charge in [0.05, 0.1) is 21.4 Å². The van der Waals surface area contributed by atoms with Crippen LogP contribution in [0.25, 0.3) is 0 Å². The molecule has 0 saturated carbocycles. The number of nitrogens with zero attached hydrogens (tertiary/aromatic N) is 2. The summed E-state index contributed by atoms with van der Waals surface area (Å²) in [5.41, 5.74) is 4.97. The number of nitrogens with one attached hydrogen (secondary N) is 1. The Bertz CT molecular complexity index is 744. The van der Waals surface area contributed by atoms with Crippen LogP contribution in [0.4, 0.5) is 5.69 Å². The molecule has 0 spiro atoms.